The van der Waals surface area contributed by atoms with Crippen LogP contribution in [0.4, 0.5) is 0 Å². The van der Waals surface area contributed by atoms with E-state index in [0.29, 0.717) is 0 Å². The zero-order chi connectivity index (χ0) is 16.5. The van der Waals surface area contributed by atoms with E-state index in [4.69, 9.17) is 22.1 Å². The monoisotopic (exact) mass is 335 g/mol. The van der Waals surface area contributed by atoms with E-state index in [-0.39, 0.29) is 17.9 Å². The number of H-pyrrole nitrogens is 1. The molecule has 1 aliphatic heterocycles. The first-order valence-electron chi connectivity index (χ1n) is 6.27. The van der Waals surface area contributed by atoms with E-state index in [1.54, 1.807) is 0 Å². The van der Waals surface area contributed by atoms with Crippen LogP contribution in [-0.2, 0) is 14.3 Å². The molecule has 1 saturated heterocycles. The molecule has 2 rings (SSSR count). The zero-order valence-corrected chi connectivity index (χ0v) is 11.9. The third-order valence-corrected chi connectivity index (χ3v) is 3.35. The van der Waals surface area contributed by atoms with Crippen LogP contribution in [0.1, 0.15) is 19.1 Å². The summed E-state index contributed by atoms with van der Waals surface area (Å²) in [5, 5.41) is 19.2. The Hall–Kier alpha value is -1.72. The van der Waals surface area contributed by atoms with Gasteiger partial charge in [-0.15, -0.1) is 0 Å². The molecule has 10 nitrogen and oxygen atoms in total. The van der Waals surface area contributed by atoms with Crippen molar-refractivity contribution >= 4 is 17.6 Å². The lowest BCUT2D eigenvalue weighted by atomic mass is 10.2. The summed E-state index contributed by atoms with van der Waals surface area (Å²) in [4.78, 5) is 35.9. The van der Waals surface area contributed by atoms with E-state index in [0.717, 1.165) is 10.8 Å². The van der Waals surface area contributed by atoms with Gasteiger partial charge in [-0.2, -0.15) is 0 Å². The second-order valence-corrected chi connectivity index (χ2v) is 5.04. The predicted octanol–water partition coefficient (Wildman–Crippen LogP) is -1.99. The van der Waals surface area contributed by atoms with Gasteiger partial charge in [-0.3, -0.25) is 19.1 Å². The third-order valence-electron chi connectivity index (χ3n) is 3.08. The standard InChI is InChI=1S/C11H14ClN3O7/c12-5-4-15(10(18)14-9(5)17)7-2-1-6(21-7)11(19,20)22-8(16)3-13/h4,6-7,19-20H,1-3,13H2,(H,14,17,18). The normalized spacial score (nSPS) is 21.8. The van der Waals surface area contributed by atoms with Crippen LogP contribution in [0, 0.1) is 0 Å². The highest BCUT2D eigenvalue weighted by Gasteiger charge is 2.45. The highest BCUT2D eigenvalue weighted by Crippen LogP contribution is 2.32. The highest BCUT2D eigenvalue weighted by molar-refractivity contribution is 6.30. The molecule has 11 heteroatoms. The van der Waals surface area contributed by atoms with Gasteiger partial charge in [0, 0.05) is 6.20 Å². The third kappa shape index (κ3) is 3.36. The minimum Gasteiger partial charge on any atom is -0.405 e. The number of aromatic amines is 1. The number of hydrogen-bond acceptors (Lipinski definition) is 8. The largest absolute Gasteiger partial charge is 0.405 e. The lowest BCUT2D eigenvalue weighted by Gasteiger charge is -2.27. The Labute approximate surface area is 128 Å². The average molecular weight is 336 g/mol. The molecule has 0 saturated carbocycles. The van der Waals surface area contributed by atoms with Crippen molar-refractivity contribution in [2.45, 2.75) is 31.1 Å². The van der Waals surface area contributed by atoms with Crippen LogP contribution in [-0.4, -0.2) is 44.4 Å². The maximum absolute atomic E-state index is 11.7. The molecule has 1 fully saturated rings. The summed E-state index contributed by atoms with van der Waals surface area (Å²) >= 11 is 5.64. The van der Waals surface area contributed by atoms with Gasteiger partial charge in [0.1, 0.15) is 11.3 Å². The van der Waals surface area contributed by atoms with Crippen LogP contribution < -0.4 is 17.0 Å². The Balaban J connectivity index is 2.16. The Morgan fingerprint density at radius 3 is 2.86 bits per heavy atom. The van der Waals surface area contributed by atoms with Crippen LogP contribution >= 0.6 is 11.6 Å². The molecule has 0 aliphatic carbocycles. The summed E-state index contributed by atoms with van der Waals surface area (Å²) in [6, 6.07) is 0. The number of rotatable bonds is 4. The Kier molecular flexibility index (Phi) is 4.68. The number of nitrogens with one attached hydrogen (secondary N) is 1. The number of carbonyl (C=O) groups is 1. The van der Waals surface area contributed by atoms with Gasteiger partial charge >= 0.3 is 17.6 Å². The number of halogens is 1. The van der Waals surface area contributed by atoms with Gasteiger partial charge in [-0.1, -0.05) is 11.6 Å². The van der Waals surface area contributed by atoms with Crippen LogP contribution in [0.15, 0.2) is 15.8 Å². The lowest BCUT2D eigenvalue weighted by Crippen LogP contribution is -2.47. The number of nitrogens with zero attached hydrogens (tertiary/aromatic N) is 1. The van der Waals surface area contributed by atoms with Gasteiger partial charge in [-0.25, -0.2) is 4.79 Å². The fraction of sp³-hybridized carbons (Fsp3) is 0.545. The van der Waals surface area contributed by atoms with E-state index in [1.165, 1.54) is 0 Å². The molecule has 1 aliphatic rings. The van der Waals surface area contributed by atoms with Gasteiger partial charge in [0.15, 0.2) is 6.10 Å². The fourth-order valence-electron chi connectivity index (χ4n) is 2.05. The highest BCUT2D eigenvalue weighted by atomic mass is 35.5. The Bertz CT molecular complexity index is 683. The van der Waals surface area contributed by atoms with Crippen LogP contribution in [0.5, 0.6) is 0 Å². The fourth-order valence-corrected chi connectivity index (χ4v) is 2.20. The van der Waals surface area contributed by atoms with E-state index in [2.05, 4.69) is 4.74 Å². The first kappa shape index (κ1) is 16.6. The summed E-state index contributed by atoms with van der Waals surface area (Å²) < 4.78 is 10.7. The van der Waals surface area contributed by atoms with Gasteiger partial charge in [0.25, 0.3) is 5.56 Å². The van der Waals surface area contributed by atoms with Crippen molar-refractivity contribution in [3.05, 3.63) is 32.1 Å². The van der Waals surface area contributed by atoms with Crippen molar-refractivity contribution in [3.8, 4) is 0 Å². The maximum atomic E-state index is 11.7. The smallest absolute Gasteiger partial charge is 0.352 e. The van der Waals surface area contributed by atoms with Gasteiger partial charge in [0.2, 0.25) is 0 Å². The quantitative estimate of drug-likeness (QED) is 0.364. The molecule has 2 unspecified atom stereocenters. The van der Waals surface area contributed by atoms with Crippen LogP contribution in [0.2, 0.25) is 5.02 Å². The first-order valence-corrected chi connectivity index (χ1v) is 6.65. The number of nitrogens with two attached hydrogens (primary N) is 1. The molecular weight excluding hydrogens is 322 g/mol. The molecule has 0 aromatic carbocycles. The minimum absolute atomic E-state index is 0.0820. The van der Waals surface area contributed by atoms with Crippen LogP contribution in [0.3, 0.4) is 0 Å². The summed E-state index contributed by atoms with van der Waals surface area (Å²) in [6.07, 6.45) is -0.819. The molecule has 1 aromatic rings. The van der Waals surface area contributed by atoms with Gasteiger partial charge in [0.05, 0.1) is 6.54 Å². The maximum Gasteiger partial charge on any atom is 0.352 e. The number of aliphatic hydroxyl groups is 2. The van der Waals surface area contributed by atoms with Crippen molar-refractivity contribution in [2.24, 2.45) is 5.73 Å². The molecule has 1 aromatic heterocycles. The number of hydrogen-bond donors (Lipinski definition) is 4. The second kappa shape index (κ2) is 6.18. The molecule has 0 amide bonds. The number of ether oxygens (including phenoxy) is 2. The lowest BCUT2D eigenvalue weighted by molar-refractivity contribution is -0.362. The number of aromatic nitrogens is 2. The Morgan fingerprint density at radius 2 is 2.23 bits per heavy atom. The van der Waals surface area contributed by atoms with Gasteiger partial charge in [-0.05, 0) is 12.8 Å². The van der Waals surface area contributed by atoms with E-state index in [1.807, 2.05) is 4.98 Å². The molecule has 0 bridgehead atoms. The zero-order valence-electron chi connectivity index (χ0n) is 11.2. The van der Waals surface area contributed by atoms with E-state index >= 15 is 0 Å². The minimum atomic E-state index is -2.87. The van der Waals surface area contributed by atoms with E-state index in [9.17, 15) is 24.6 Å². The molecule has 0 radical (unpaired) electrons. The number of esters is 1. The summed E-state index contributed by atoms with van der Waals surface area (Å²) in [6.45, 7) is -0.534. The summed E-state index contributed by atoms with van der Waals surface area (Å²) in [5.41, 5.74) is 3.51. The van der Waals surface area contributed by atoms with Crippen molar-refractivity contribution in [3.63, 3.8) is 0 Å². The van der Waals surface area contributed by atoms with E-state index < -0.39 is 42.1 Å². The molecular formula is C11H14ClN3O7. The molecule has 0 spiro atoms. The second-order valence-electron chi connectivity index (χ2n) is 4.64. The van der Waals surface area contributed by atoms with Crippen LogP contribution in [0.25, 0.3) is 0 Å². The van der Waals surface area contributed by atoms with Crippen molar-refractivity contribution in [2.75, 3.05) is 6.54 Å². The number of carbonyl (C=O) groups excluding carboxylic acids is 1. The average Bonchev–Trinajstić information content (AvgIpc) is 2.92. The first-order chi connectivity index (χ1) is 10.2. The Morgan fingerprint density at radius 1 is 1.55 bits per heavy atom. The topological polar surface area (TPSA) is 157 Å². The summed E-state index contributed by atoms with van der Waals surface area (Å²) in [7, 11) is 0. The summed E-state index contributed by atoms with van der Waals surface area (Å²) in [5.74, 6) is -3.90. The van der Waals surface area contributed by atoms with Crippen molar-refractivity contribution < 1.29 is 24.5 Å². The molecule has 22 heavy (non-hydrogen) atoms. The SMILES string of the molecule is NCC(=O)OC(O)(O)C1CCC(n2cc(Cl)c(=O)[nH]c2=O)O1. The molecule has 2 atom stereocenters. The van der Waals surface area contributed by atoms with Crippen molar-refractivity contribution in [1.82, 2.24) is 9.55 Å². The molecule has 5 N–H and O–H groups in total. The van der Waals surface area contributed by atoms with Crippen molar-refractivity contribution in [1.29, 1.82) is 0 Å². The predicted molar refractivity (Wildman–Crippen MR) is 71.8 cm³/mol. The molecule has 122 valence electrons. The van der Waals surface area contributed by atoms with Gasteiger partial charge < -0.3 is 25.4 Å². The molecule has 2 heterocycles.